The van der Waals surface area contributed by atoms with Gasteiger partial charge in [-0.2, -0.15) is 0 Å². The summed E-state index contributed by atoms with van der Waals surface area (Å²) < 4.78 is 22.7. The first-order chi connectivity index (χ1) is 25.1. The van der Waals surface area contributed by atoms with Crippen LogP contribution in [0.4, 0.5) is 0 Å². The zero-order chi connectivity index (χ0) is 35.7. The number of ether oxygens (including phenoxy) is 4. The molecule has 0 atom stereocenters. The fourth-order valence-electron chi connectivity index (χ4n) is 6.63. The first-order valence-corrected chi connectivity index (χ1v) is 18.5. The van der Waals surface area contributed by atoms with Crippen LogP contribution in [0.1, 0.15) is 74.6 Å². The van der Waals surface area contributed by atoms with Crippen LogP contribution < -0.4 is 20.1 Å². The lowest BCUT2D eigenvalue weighted by Gasteiger charge is -2.34. The summed E-state index contributed by atoms with van der Waals surface area (Å²) in [6.45, 7) is 8.33. The Hall–Kier alpha value is -4.66. The molecule has 0 saturated heterocycles. The lowest BCUT2D eigenvalue weighted by molar-refractivity contribution is -0.145. The van der Waals surface area contributed by atoms with E-state index in [4.69, 9.17) is 18.9 Å². The Labute approximate surface area is 302 Å². The zero-order valence-corrected chi connectivity index (χ0v) is 30.1. The summed E-state index contributed by atoms with van der Waals surface area (Å²) in [5.74, 6) is 0.977. The third-order valence-corrected chi connectivity index (χ3v) is 9.18. The molecular weight excluding hydrogens is 640 g/mol. The second-order valence-electron chi connectivity index (χ2n) is 12.7. The van der Waals surface area contributed by atoms with E-state index in [0.717, 1.165) is 49.9 Å². The molecule has 1 aliphatic carbocycles. The van der Waals surface area contributed by atoms with E-state index in [1.165, 1.54) is 22.3 Å². The van der Waals surface area contributed by atoms with Gasteiger partial charge < -0.3 is 29.6 Å². The Morgan fingerprint density at radius 3 is 1.35 bits per heavy atom. The van der Waals surface area contributed by atoms with Gasteiger partial charge in [0.15, 0.2) is 0 Å². The summed E-state index contributed by atoms with van der Waals surface area (Å²) in [6.07, 6.45) is 5.15. The SMILES string of the molecule is CCCCNCCC(=O)OCCOc1ccc(C2(c3ccc(OCCOC(=O)CCNCCCC)cc3)c3ccccc3-c3ccccc32)cc1. The molecule has 0 aromatic heterocycles. The molecule has 2 N–H and O–H groups in total. The third-order valence-electron chi connectivity index (χ3n) is 9.18. The minimum Gasteiger partial charge on any atom is -0.490 e. The molecule has 5 rings (SSSR count). The highest BCUT2D eigenvalue weighted by Gasteiger charge is 2.45. The van der Waals surface area contributed by atoms with E-state index < -0.39 is 5.41 Å². The number of rotatable bonds is 22. The van der Waals surface area contributed by atoms with E-state index in [-0.39, 0.29) is 38.4 Å². The number of carbonyl (C=O) groups excluding carboxylic acids is 2. The number of benzene rings is 4. The van der Waals surface area contributed by atoms with Gasteiger partial charge in [-0.15, -0.1) is 0 Å². The molecule has 0 radical (unpaired) electrons. The molecule has 0 saturated carbocycles. The Balaban J connectivity index is 1.25. The van der Waals surface area contributed by atoms with Crippen LogP contribution >= 0.6 is 0 Å². The molecule has 0 fully saturated rings. The van der Waals surface area contributed by atoms with Crippen LogP contribution in [-0.2, 0) is 24.5 Å². The highest BCUT2D eigenvalue weighted by molar-refractivity contribution is 5.86. The van der Waals surface area contributed by atoms with Crippen molar-refractivity contribution in [2.75, 3.05) is 52.6 Å². The fraction of sp³-hybridized carbons (Fsp3) is 0.395. The van der Waals surface area contributed by atoms with Crippen molar-refractivity contribution in [2.45, 2.75) is 57.8 Å². The van der Waals surface area contributed by atoms with Crippen molar-refractivity contribution in [1.82, 2.24) is 10.6 Å². The Morgan fingerprint density at radius 1 is 0.529 bits per heavy atom. The number of hydrogen-bond acceptors (Lipinski definition) is 8. The maximum absolute atomic E-state index is 12.1. The van der Waals surface area contributed by atoms with Gasteiger partial charge in [-0.3, -0.25) is 9.59 Å². The van der Waals surface area contributed by atoms with Crippen LogP contribution in [0.2, 0.25) is 0 Å². The van der Waals surface area contributed by atoms with Crippen molar-refractivity contribution >= 4 is 11.9 Å². The number of nitrogens with one attached hydrogen (secondary N) is 2. The number of unbranched alkanes of at least 4 members (excludes halogenated alkanes) is 2. The van der Waals surface area contributed by atoms with Gasteiger partial charge in [-0.1, -0.05) is 99.5 Å². The topological polar surface area (TPSA) is 95.1 Å². The molecule has 0 bridgehead atoms. The number of carbonyl (C=O) groups is 2. The molecule has 0 spiro atoms. The van der Waals surface area contributed by atoms with Gasteiger partial charge in [0.05, 0.1) is 18.3 Å². The third kappa shape index (κ3) is 9.78. The van der Waals surface area contributed by atoms with Crippen molar-refractivity contribution < 1.29 is 28.5 Å². The molecule has 8 nitrogen and oxygen atoms in total. The summed E-state index contributed by atoms with van der Waals surface area (Å²) >= 11 is 0. The second-order valence-corrected chi connectivity index (χ2v) is 12.7. The van der Waals surface area contributed by atoms with Crippen LogP contribution in [0, 0.1) is 0 Å². The smallest absolute Gasteiger partial charge is 0.307 e. The quantitative estimate of drug-likeness (QED) is 0.0571. The Kier molecular flexibility index (Phi) is 14.5. The molecule has 0 unspecified atom stereocenters. The molecular formula is C43H52N2O6. The molecule has 0 amide bonds. The van der Waals surface area contributed by atoms with Crippen LogP contribution in [0.5, 0.6) is 11.5 Å². The van der Waals surface area contributed by atoms with Crippen LogP contribution in [0.25, 0.3) is 11.1 Å². The monoisotopic (exact) mass is 692 g/mol. The van der Waals surface area contributed by atoms with Crippen molar-refractivity contribution in [3.63, 3.8) is 0 Å². The summed E-state index contributed by atoms with van der Waals surface area (Å²) in [4.78, 5) is 24.1. The van der Waals surface area contributed by atoms with Crippen LogP contribution in [0.15, 0.2) is 97.1 Å². The minimum absolute atomic E-state index is 0.202. The van der Waals surface area contributed by atoms with Crippen LogP contribution in [0.3, 0.4) is 0 Å². The van der Waals surface area contributed by atoms with E-state index >= 15 is 0 Å². The first kappa shape index (κ1) is 37.6. The van der Waals surface area contributed by atoms with Gasteiger partial charge in [0, 0.05) is 13.1 Å². The van der Waals surface area contributed by atoms with Crippen molar-refractivity contribution in [2.24, 2.45) is 0 Å². The molecule has 4 aromatic rings. The van der Waals surface area contributed by atoms with E-state index in [1.54, 1.807) is 0 Å². The first-order valence-electron chi connectivity index (χ1n) is 18.5. The summed E-state index contributed by atoms with van der Waals surface area (Å²) in [7, 11) is 0. The number of hydrogen-bond donors (Lipinski definition) is 2. The standard InChI is InChI=1S/C43H52N2O6/c1-3-5-25-44-27-23-41(46)50-31-29-48-35-19-15-33(16-20-35)43(39-13-9-7-11-37(39)38-12-8-10-14-40(38)43)34-17-21-36(22-18-34)49-30-32-51-42(47)24-28-45-26-6-4-2/h7-22,44-45H,3-6,23-32H2,1-2H3. The zero-order valence-electron chi connectivity index (χ0n) is 30.1. The van der Waals surface area contributed by atoms with Gasteiger partial charge in [0.2, 0.25) is 0 Å². The minimum atomic E-state index is -0.564. The number of esters is 2. The highest BCUT2D eigenvalue weighted by Crippen LogP contribution is 2.56. The molecule has 0 heterocycles. The van der Waals surface area contributed by atoms with Crippen LogP contribution in [-0.4, -0.2) is 64.5 Å². The van der Waals surface area contributed by atoms with E-state index in [0.29, 0.717) is 37.4 Å². The predicted octanol–water partition coefficient (Wildman–Crippen LogP) is 7.45. The van der Waals surface area contributed by atoms with Gasteiger partial charge in [-0.05, 0) is 83.6 Å². The van der Waals surface area contributed by atoms with E-state index in [1.807, 2.05) is 24.3 Å². The molecule has 270 valence electrons. The molecule has 8 heteroatoms. The Bertz CT molecular complexity index is 1550. The maximum atomic E-state index is 12.1. The molecule has 1 aliphatic rings. The normalized spacial score (nSPS) is 12.5. The van der Waals surface area contributed by atoms with Gasteiger partial charge in [-0.25, -0.2) is 0 Å². The van der Waals surface area contributed by atoms with E-state index in [2.05, 4.69) is 97.3 Å². The van der Waals surface area contributed by atoms with Gasteiger partial charge in [0.1, 0.15) is 37.9 Å². The summed E-state index contributed by atoms with van der Waals surface area (Å²) in [5.41, 5.74) is 6.49. The second kappa shape index (κ2) is 19.7. The average molecular weight is 693 g/mol. The van der Waals surface area contributed by atoms with Gasteiger partial charge in [0.25, 0.3) is 0 Å². The highest BCUT2D eigenvalue weighted by atomic mass is 16.6. The van der Waals surface area contributed by atoms with E-state index in [9.17, 15) is 9.59 Å². The molecule has 4 aromatic carbocycles. The summed E-state index contributed by atoms with van der Waals surface area (Å²) in [6, 6.07) is 33.6. The summed E-state index contributed by atoms with van der Waals surface area (Å²) in [5, 5.41) is 6.52. The largest absolute Gasteiger partial charge is 0.490 e. The maximum Gasteiger partial charge on any atom is 0.307 e. The predicted molar refractivity (Wildman–Crippen MR) is 201 cm³/mol. The van der Waals surface area contributed by atoms with Crippen molar-refractivity contribution in [3.8, 4) is 22.6 Å². The molecule has 51 heavy (non-hydrogen) atoms. The molecule has 0 aliphatic heterocycles. The van der Waals surface area contributed by atoms with Gasteiger partial charge >= 0.3 is 11.9 Å². The average Bonchev–Trinajstić information content (AvgIpc) is 3.46. The Morgan fingerprint density at radius 2 is 0.941 bits per heavy atom. The fourth-order valence-corrected chi connectivity index (χ4v) is 6.63. The van der Waals surface area contributed by atoms with Crippen molar-refractivity contribution in [3.05, 3.63) is 119 Å². The lowest BCUT2D eigenvalue weighted by atomic mass is 9.68. The lowest BCUT2D eigenvalue weighted by Crippen LogP contribution is -2.28. The van der Waals surface area contributed by atoms with Crippen molar-refractivity contribution in [1.29, 1.82) is 0 Å². The number of fused-ring (bicyclic) bond motifs is 3.